The van der Waals surface area contributed by atoms with Crippen molar-refractivity contribution in [1.29, 1.82) is 0 Å². The van der Waals surface area contributed by atoms with Gasteiger partial charge in [0.1, 0.15) is 5.82 Å². The van der Waals surface area contributed by atoms with Crippen LogP contribution >= 0.6 is 0 Å². The van der Waals surface area contributed by atoms with E-state index in [2.05, 4.69) is 4.90 Å². The molecule has 164 valence electrons. The molecule has 0 amide bonds. The molecule has 2 aliphatic rings. The molecule has 0 aromatic heterocycles. The van der Waals surface area contributed by atoms with Crippen molar-refractivity contribution in [2.24, 2.45) is 0 Å². The number of hydrogen-bond donors (Lipinski definition) is 0. The van der Waals surface area contributed by atoms with Crippen LogP contribution in [0.1, 0.15) is 19.3 Å². The Balaban J connectivity index is 1.76. The Morgan fingerprint density at radius 2 is 1.66 bits per heavy atom. The number of hydrogen-bond acceptors (Lipinski definition) is 5. The molecule has 2 fully saturated rings. The molecule has 29 heavy (non-hydrogen) atoms. The van der Waals surface area contributed by atoms with E-state index >= 15 is 0 Å². The van der Waals surface area contributed by atoms with Crippen molar-refractivity contribution in [1.82, 2.24) is 17.8 Å². The van der Waals surface area contributed by atoms with Crippen molar-refractivity contribution >= 4 is 20.2 Å². The van der Waals surface area contributed by atoms with Crippen LogP contribution in [0.15, 0.2) is 29.2 Å². The van der Waals surface area contributed by atoms with Gasteiger partial charge in [0.05, 0.1) is 4.90 Å². The van der Waals surface area contributed by atoms with Crippen molar-refractivity contribution in [2.75, 3.05) is 53.4 Å². The normalized spacial score (nSPS) is 22.2. The zero-order valence-electron chi connectivity index (χ0n) is 16.9. The molecular weight excluding hydrogens is 419 g/mol. The number of rotatable bonds is 8. The van der Waals surface area contributed by atoms with Crippen LogP contribution in [0, 0.1) is 5.82 Å². The van der Waals surface area contributed by atoms with Crippen LogP contribution in [-0.4, -0.2) is 94.1 Å². The van der Waals surface area contributed by atoms with Crippen LogP contribution in [0.4, 0.5) is 4.39 Å². The molecule has 0 N–H and O–H groups in total. The lowest BCUT2D eigenvalue weighted by Crippen LogP contribution is -2.50. The topological polar surface area (TPSA) is 81.2 Å². The van der Waals surface area contributed by atoms with Gasteiger partial charge in [-0.2, -0.15) is 21.3 Å². The summed E-state index contributed by atoms with van der Waals surface area (Å²) in [6.07, 6.45) is 2.66. The van der Waals surface area contributed by atoms with Crippen LogP contribution in [0.2, 0.25) is 0 Å². The summed E-state index contributed by atoms with van der Waals surface area (Å²) in [5.41, 5.74) is 0. The first-order valence-electron chi connectivity index (χ1n) is 9.80. The maximum atomic E-state index is 13.1. The first-order valence-corrected chi connectivity index (χ1v) is 12.6. The van der Waals surface area contributed by atoms with Crippen LogP contribution in [0.3, 0.4) is 0 Å². The Morgan fingerprint density at radius 3 is 2.24 bits per heavy atom. The molecule has 3 rings (SSSR count). The fraction of sp³-hybridized carbons (Fsp3) is 0.667. The van der Waals surface area contributed by atoms with E-state index < -0.39 is 32.1 Å². The first kappa shape index (κ1) is 22.6. The van der Waals surface area contributed by atoms with E-state index in [0.717, 1.165) is 38.1 Å². The van der Waals surface area contributed by atoms with Gasteiger partial charge < -0.3 is 4.90 Å². The number of sulfonamides is 1. The van der Waals surface area contributed by atoms with Gasteiger partial charge in [0.2, 0.25) is 10.0 Å². The minimum absolute atomic E-state index is 0.0126. The largest absolute Gasteiger partial charge is 0.302 e. The molecule has 0 radical (unpaired) electrons. The van der Waals surface area contributed by atoms with Gasteiger partial charge in [-0.3, -0.25) is 0 Å². The summed E-state index contributed by atoms with van der Waals surface area (Å²) < 4.78 is 68.6. The van der Waals surface area contributed by atoms with E-state index in [1.54, 1.807) is 0 Å². The van der Waals surface area contributed by atoms with E-state index in [1.165, 1.54) is 39.1 Å². The Hall–Kier alpha value is -1.11. The Kier molecular flexibility index (Phi) is 6.96. The third-order valence-corrected chi connectivity index (χ3v) is 9.45. The van der Waals surface area contributed by atoms with Crippen molar-refractivity contribution in [3.63, 3.8) is 0 Å². The molecule has 0 unspecified atom stereocenters. The predicted octanol–water partition coefficient (Wildman–Crippen LogP) is 0.793. The van der Waals surface area contributed by atoms with Gasteiger partial charge in [0, 0.05) is 46.3 Å². The molecule has 1 aromatic carbocycles. The van der Waals surface area contributed by atoms with Crippen molar-refractivity contribution in [3.8, 4) is 0 Å². The van der Waals surface area contributed by atoms with E-state index in [1.807, 2.05) is 0 Å². The van der Waals surface area contributed by atoms with Gasteiger partial charge >= 0.3 is 0 Å². The molecule has 0 bridgehead atoms. The molecular formula is C18H29FN4O4S2. The van der Waals surface area contributed by atoms with Crippen LogP contribution < -0.4 is 0 Å². The summed E-state index contributed by atoms with van der Waals surface area (Å²) in [5, 5.41) is 0. The maximum Gasteiger partial charge on any atom is 0.281 e. The zero-order valence-corrected chi connectivity index (χ0v) is 18.5. The molecule has 1 atom stereocenters. The maximum absolute atomic E-state index is 13.1. The summed E-state index contributed by atoms with van der Waals surface area (Å²) >= 11 is 0. The summed E-state index contributed by atoms with van der Waals surface area (Å²) in [4.78, 5) is 2.25. The fourth-order valence-corrected chi connectivity index (χ4v) is 6.63. The fourth-order valence-electron chi connectivity index (χ4n) is 3.86. The predicted molar refractivity (Wildman–Crippen MR) is 109 cm³/mol. The third kappa shape index (κ3) is 4.97. The lowest BCUT2D eigenvalue weighted by atomic mass is 10.2. The minimum Gasteiger partial charge on any atom is -0.302 e. The highest BCUT2D eigenvalue weighted by Gasteiger charge is 2.40. The summed E-state index contributed by atoms with van der Waals surface area (Å²) in [5.74, 6) is -0.506. The molecule has 0 aliphatic carbocycles. The second-order valence-electron chi connectivity index (χ2n) is 7.71. The van der Waals surface area contributed by atoms with E-state index in [0.29, 0.717) is 19.5 Å². The second-order valence-corrected chi connectivity index (χ2v) is 11.7. The SMILES string of the molecule is CN(C)S(=O)(=O)N(CCN1CCCC1)[C@H]1CCN(S(=O)(=O)c2ccc(F)cc2)C1. The molecule has 2 saturated heterocycles. The monoisotopic (exact) mass is 448 g/mol. The Labute approximate surface area is 173 Å². The first-order chi connectivity index (χ1) is 13.6. The van der Waals surface area contributed by atoms with Crippen LogP contribution in [-0.2, 0) is 20.2 Å². The van der Waals surface area contributed by atoms with E-state index in [-0.39, 0.29) is 18.0 Å². The number of halogens is 1. The summed E-state index contributed by atoms with van der Waals surface area (Å²) in [7, 11) is -4.51. The molecule has 11 heteroatoms. The molecule has 2 heterocycles. The third-order valence-electron chi connectivity index (χ3n) is 5.58. The highest BCUT2D eigenvalue weighted by atomic mass is 32.2. The lowest BCUT2D eigenvalue weighted by Gasteiger charge is -2.32. The van der Waals surface area contributed by atoms with Gasteiger partial charge in [0.15, 0.2) is 0 Å². The number of benzene rings is 1. The average molecular weight is 449 g/mol. The summed E-state index contributed by atoms with van der Waals surface area (Å²) in [6.45, 7) is 3.21. The highest BCUT2D eigenvalue weighted by molar-refractivity contribution is 7.89. The smallest absolute Gasteiger partial charge is 0.281 e. The van der Waals surface area contributed by atoms with Gasteiger partial charge in [0.25, 0.3) is 10.2 Å². The minimum atomic E-state index is -3.80. The molecule has 1 aromatic rings. The second kappa shape index (κ2) is 8.94. The Bertz CT molecular complexity index is 900. The quantitative estimate of drug-likeness (QED) is 0.588. The molecule has 0 spiro atoms. The summed E-state index contributed by atoms with van der Waals surface area (Å²) in [6, 6.07) is 4.26. The van der Waals surface area contributed by atoms with Crippen molar-refractivity contribution in [3.05, 3.63) is 30.1 Å². The standard InChI is InChI=1S/C18H29FN4O4S2/c1-20(2)29(26,27)23(14-13-21-10-3-4-11-21)17-9-12-22(15-17)28(24,25)18-7-5-16(19)6-8-18/h5-8,17H,3-4,9-15H2,1-2H3/t17-/m0/s1. The lowest BCUT2D eigenvalue weighted by molar-refractivity contribution is 0.252. The zero-order chi connectivity index (χ0) is 21.2. The number of nitrogens with zero attached hydrogens (tertiary/aromatic N) is 4. The van der Waals surface area contributed by atoms with Crippen LogP contribution in [0.5, 0.6) is 0 Å². The molecule has 0 saturated carbocycles. The van der Waals surface area contributed by atoms with E-state index in [4.69, 9.17) is 0 Å². The average Bonchev–Trinajstić information content (AvgIpc) is 3.34. The van der Waals surface area contributed by atoms with Gasteiger partial charge in [-0.25, -0.2) is 12.8 Å². The highest BCUT2D eigenvalue weighted by Crippen LogP contribution is 2.26. The molecule has 8 nitrogen and oxygen atoms in total. The van der Waals surface area contributed by atoms with Crippen molar-refractivity contribution in [2.45, 2.75) is 30.2 Å². The Morgan fingerprint density at radius 1 is 1.03 bits per heavy atom. The van der Waals surface area contributed by atoms with Gasteiger partial charge in [-0.1, -0.05) is 0 Å². The van der Waals surface area contributed by atoms with Gasteiger partial charge in [-0.05, 0) is 56.6 Å². The van der Waals surface area contributed by atoms with Crippen molar-refractivity contribution < 1.29 is 21.2 Å². The number of likely N-dealkylation sites (tertiary alicyclic amines) is 1. The van der Waals surface area contributed by atoms with Gasteiger partial charge in [-0.15, -0.1) is 0 Å². The van der Waals surface area contributed by atoms with Crippen LogP contribution in [0.25, 0.3) is 0 Å². The molecule has 2 aliphatic heterocycles. The van der Waals surface area contributed by atoms with E-state index in [9.17, 15) is 21.2 Å².